The van der Waals surface area contributed by atoms with Gasteiger partial charge in [-0.1, -0.05) is 12.1 Å². The van der Waals surface area contributed by atoms with E-state index in [1.54, 1.807) is 12.1 Å². The third kappa shape index (κ3) is 2.83. The Morgan fingerprint density at radius 3 is 2.38 bits per heavy atom. The van der Waals surface area contributed by atoms with Crippen LogP contribution in [0.1, 0.15) is 18.0 Å². The minimum Gasteiger partial charge on any atom is -0.370 e. The van der Waals surface area contributed by atoms with E-state index in [-0.39, 0.29) is 12.2 Å². The first-order valence-corrected chi connectivity index (χ1v) is 3.89. The van der Waals surface area contributed by atoms with Crippen LogP contribution in [0.25, 0.3) is 0 Å². The smallest absolute Gasteiger partial charge is 0.219 e. The number of carbonyl (C=O) groups excluding carboxylic acids is 1. The van der Waals surface area contributed by atoms with Crippen LogP contribution in [-0.4, -0.2) is 5.91 Å². The van der Waals surface area contributed by atoms with E-state index in [0.29, 0.717) is 5.56 Å². The fraction of sp³-hybridized carbons (Fsp3) is 0.222. The molecule has 4 N–H and O–H groups in total. The Bertz CT molecular complexity index is 297. The van der Waals surface area contributed by atoms with Gasteiger partial charge < -0.3 is 11.5 Å². The molecule has 0 aromatic heterocycles. The molecule has 70 valence electrons. The molecule has 0 saturated heterocycles. The molecule has 0 spiro atoms. The normalized spacial score (nSPS) is 12.5. The van der Waals surface area contributed by atoms with Crippen LogP contribution in [0.5, 0.6) is 0 Å². The molecule has 0 fully saturated rings. The average molecular weight is 182 g/mol. The lowest BCUT2D eigenvalue weighted by atomic mass is 10.0. The predicted octanol–water partition coefficient (Wildman–Crippen LogP) is 0.701. The van der Waals surface area contributed by atoms with Gasteiger partial charge in [-0.2, -0.15) is 0 Å². The van der Waals surface area contributed by atoms with Crippen LogP contribution in [0.15, 0.2) is 24.3 Å². The SMILES string of the molecule is NC(=O)C[C@@H](N)c1ccc(F)cc1. The van der Waals surface area contributed by atoms with Crippen molar-refractivity contribution in [2.75, 3.05) is 0 Å². The molecule has 0 unspecified atom stereocenters. The van der Waals surface area contributed by atoms with Crippen LogP contribution >= 0.6 is 0 Å². The Balaban J connectivity index is 2.71. The molecular weight excluding hydrogens is 171 g/mol. The molecule has 0 saturated carbocycles. The van der Waals surface area contributed by atoms with Gasteiger partial charge in [-0.05, 0) is 17.7 Å². The zero-order chi connectivity index (χ0) is 9.84. The van der Waals surface area contributed by atoms with Crippen molar-refractivity contribution < 1.29 is 9.18 Å². The molecule has 0 radical (unpaired) electrons. The van der Waals surface area contributed by atoms with Gasteiger partial charge in [-0.15, -0.1) is 0 Å². The van der Waals surface area contributed by atoms with E-state index < -0.39 is 11.9 Å². The number of hydrogen-bond acceptors (Lipinski definition) is 2. The first-order valence-electron chi connectivity index (χ1n) is 3.89. The lowest BCUT2D eigenvalue weighted by molar-refractivity contribution is -0.118. The van der Waals surface area contributed by atoms with E-state index in [2.05, 4.69) is 0 Å². The molecule has 1 atom stereocenters. The quantitative estimate of drug-likeness (QED) is 0.722. The first kappa shape index (κ1) is 9.67. The van der Waals surface area contributed by atoms with Crippen molar-refractivity contribution in [2.24, 2.45) is 11.5 Å². The van der Waals surface area contributed by atoms with Gasteiger partial charge in [0.15, 0.2) is 0 Å². The highest BCUT2D eigenvalue weighted by atomic mass is 19.1. The fourth-order valence-electron chi connectivity index (χ4n) is 1.04. The number of halogens is 1. The molecule has 13 heavy (non-hydrogen) atoms. The van der Waals surface area contributed by atoms with Gasteiger partial charge in [0.2, 0.25) is 5.91 Å². The van der Waals surface area contributed by atoms with Crippen LogP contribution in [0.3, 0.4) is 0 Å². The topological polar surface area (TPSA) is 69.1 Å². The Hall–Kier alpha value is -1.42. The zero-order valence-electron chi connectivity index (χ0n) is 7.03. The standard InChI is InChI=1S/C9H11FN2O/c10-7-3-1-6(2-4-7)8(11)5-9(12)13/h1-4,8H,5,11H2,(H2,12,13)/t8-/m1/s1. The third-order valence-corrected chi connectivity index (χ3v) is 1.72. The highest BCUT2D eigenvalue weighted by Crippen LogP contribution is 2.13. The molecule has 1 rings (SSSR count). The van der Waals surface area contributed by atoms with E-state index >= 15 is 0 Å². The number of benzene rings is 1. The van der Waals surface area contributed by atoms with Crippen molar-refractivity contribution in [2.45, 2.75) is 12.5 Å². The summed E-state index contributed by atoms with van der Waals surface area (Å²) in [5.41, 5.74) is 11.3. The van der Waals surface area contributed by atoms with Crippen molar-refractivity contribution in [1.29, 1.82) is 0 Å². The van der Waals surface area contributed by atoms with Crippen LogP contribution in [0.2, 0.25) is 0 Å². The van der Waals surface area contributed by atoms with Gasteiger partial charge in [-0.25, -0.2) is 4.39 Å². The maximum Gasteiger partial charge on any atom is 0.219 e. The summed E-state index contributed by atoms with van der Waals surface area (Å²) in [4.78, 5) is 10.5. The summed E-state index contributed by atoms with van der Waals surface area (Å²) in [6.07, 6.45) is 0.0750. The van der Waals surface area contributed by atoms with E-state index in [1.165, 1.54) is 12.1 Å². The summed E-state index contributed by atoms with van der Waals surface area (Å²) in [6, 6.07) is 5.25. The molecule has 4 heteroatoms. The van der Waals surface area contributed by atoms with Crippen LogP contribution in [-0.2, 0) is 4.79 Å². The number of nitrogens with two attached hydrogens (primary N) is 2. The Morgan fingerprint density at radius 1 is 1.38 bits per heavy atom. The van der Waals surface area contributed by atoms with Crippen LogP contribution in [0.4, 0.5) is 4.39 Å². The van der Waals surface area contributed by atoms with Crippen molar-refractivity contribution in [3.8, 4) is 0 Å². The first-order chi connectivity index (χ1) is 6.09. The lowest BCUT2D eigenvalue weighted by Gasteiger charge is -2.08. The van der Waals surface area contributed by atoms with Gasteiger partial charge in [0.05, 0.1) is 0 Å². The van der Waals surface area contributed by atoms with Gasteiger partial charge in [0.25, 0.3) is 0 Å². The molecule has 0 heterocycles. The van der Waals surface area contributed by atoms with E-state index in [1.807, 2.05) is 0 Å². The molecule has 3 nitrogen and oxygen atoms in total. The Morgan fingerprint density at radius 2 is 1.92 bits per heavy atom. The highest BCUT2D eigenvalue weighted by molar-refractivity contribution is 5.74. The summed E-state index contributed by atoms with van der Waals surface area (Å²) in [5.74, 6) is -0.785. The maximum atomic E-state index is 12.5. The van der Waals surface area contributed by atoms with E-state index in [4.69, 9.17) is 11.5 Å². The van der Waals surface area contributed by atoms with E-state index in [0.717, 1.165) is 0 Å². The number of amides is 1. The van der Waals surface area contributed by atoms with Gasteiger partial charge >= 0.3 is 0 Å². The molecule has 0 aliphatic carbocycles. The van der Waals surface area contributed by atoms with Crippen molar-refractivity contribution in [1.82, 2.24) is 0 Å². The summed E-state index contributed by atoms with van der Waals surface area (Å²) < 4.78 is 12.5. The minimum absolute atomic E-state index is 0.0750. The molecule has 0 aliphatic heterocycles. The monoisotopic (exact) mass is 182 g/mol. The summed E-state index contributed by atoms with van der Waals surface area (Å²) >= 11 is 0. The summed E-state index contributed by atoms with van der Waals surface area (Å²) in [6.45, 7) is 0. The predicted molar refractivity (Wildman–Crippen MR) is 47.1 cm³/mol. The zero-order valence-corrected chi connectivity index (χ0v) is 7.03. The third-order valence-electron chi connectivity index (χ3n) is 1.72. The van der Waals surface area contributed by atoms with Crippen molar-refractivity contribution in [3.05, 3.63) is 35.6 Å². The minimum atomic E-state index is -0.461. The summed E-state index contributed by atoms with van der Waals surface area (Å²) in [7, 11) is 0. The van der Waals surface area contributed by atoms with Crippen molar-refractivity contribution >= 4 is 5.91 Å². The number of primary amides is 1. The number of rotatable bonds is 3. The largest absolute Gasteiger partial charge is 0.370 e. The van der Waals surface area contributed by atoms with Gasteiger partial charge in [0.1, 0.15) is 5.82 Å². The second kappa shape index (κ2) is 4.00. The second-order valence-corrected chi connectivity index (χ2v) is 2.83. The molecule has 0 bridgehead atoms. The molecule has 1 aromatic rings. The molecule has 1 aromatic carbocycles. The lowest BCUT2D eigenvalue weighted by Crippen LogP contribution is -2.20. The average Bonchev–Trinajstić information content (AvgIpc) is 2.04. The van der Waals surface area contributed by atoms with E-state index in [9.17, 15) is 9.18 Å². The maximum absolute atomic E-state index is 12.5. The Kier molecular flexibility index (Phi) is 2.97. The van der Waals surface area contributed by atoms with Crippen LogP contribution < -0.4 is 11.5 Å². The summed E-state index contributed by atoms with van der Waals surface area (Å²) in [5, 5.41) is 0. The molecule has 1 amide bonds. The van der Waals surface area contributed by atoms with Gasteiger partial charge in [0, 0.05) is 12.5 Å². The molecule has 0 aliphatic rings. The van der Waals surface area contributed by atoms with Crippen LogP contribution in [0, 0.1) is 5.82 Å². The van der Waals surface area contributed by atoms with Gasteiger partial charge in [-0.3, -0.25) is 4.79 Å². The van der Waals surface area contributed by atoms with Crippen molar-refractivity contribution in [3.63, 3.8) is 0 Å². The number of hydrogen-bond donors (Lipinski definition) is 2. The fourth-order valence-corrected chi connectivity index (χ4v) is 1.04. The highest BCUT2D eigenvalue weighted by Gasteiger charge is 2.08. The second-order valence-electron chi connectivity index (χ2n) is 2.83. The number of carbonyl (C=O) groups is 1. The molecular formula is C9H11FN2O. The Labute approximate surface area is 75.5 Å².